The van der Waals surface area contributed by atoms with E-state index in [0.29, 0.717) is 0 Å². The summed E-state index contributed by atoms with van der Waals surface area (Å²) in [6.45, 7) is 6.46. The Bertz CT molecular complexity index is 813. The van der Waals surface area contributed by atoms with Crippen LogP contribution in [-0.4, -0.2) is 24.3 Å². The molecular formula is C25H32N2O. The Labute approximate surface area is 169 Å². The van der Waals surface area contributed by atoms with Gasteiger partial charge in [0.15, 0.2) is 0 Å². The number of ether oxygens (including phenoxy) is 1. The Morgan fingerprint density at radius 3 is 2.32 bits per heavy atom. The first kappa shape index (κ1) is 19.0. The molecule has 1 saturated heterocycles. The second-order valence-corrected chi connectivity index (χ2v) is 8.40. The summed E-state index contributed by atoms with van der Waals surface area (Å²) in [5.74, 6) is 2.58. The van der Waals surface area contributed by atoms with Crippen molar-refractivity contribution in [2.75, 3.05) is 13.1 Å². The van der Waals surface area contributed by atoms with Crippen LogP contribution in [0.5, 0.6) is 11.5 Å². The first-order valence-corrected chi connectivity index (χ1v) is 10.9. The zero-order chi connectivity index (χ0) is 19.3. The summed E-state index contributed by atoms with van der Waals surface area (Å²) in [6, 6.07) is 13.0. The molecule has 0 N–H and O–H groups in total. The highest BCUT2D eigenvalue weighted by Gasteiger charge is 2.17. The topological polar surface area (TPSA) is 24.8 Å². The minimum atomic E-state index is 0.745. The van der Waals surface area contributed by atoms with Gasteiger partial charge in [-0.05, 0) is 92.8 Å². The third-order valence-corrected chi connectivity index (χ3v) is 6.18. The van der Waals surface area contributed by atoms with E-state index >= 15 is 0 Å². The zero-order valence-electron chi connectivity index (χ0n) is 17.3. The van der Waals surface area contributed by atoms with Gasteiger partial charge in [0.2, 0.25) is 0 Å². The van der Waals surface area contributed by atoms with Gasteiger partial charge in [0.05, 0.1) is 12.0 Å². The second-order valence-electron chi connectivity index (χ2n) is 8.40. The molecule has 2 aromatic carbocycles. The summed E-state index contributed by atoms with van der Waals surface area (Å²) in [5.41, 5.74) is 4.76. The molecule has 0 unspecified atom stereocenters. The van der Waals surface area contributed by atoms with Crippen molar-refractivity contribution in [1.29, 1.82) is 0 Å². The molecule has 0 aromatic heterocycles. The number of hydrogen-bond donors (Lipinski definition) is 0. The van der Waals surface area contributed by atoms with Gasteiger partial charge in [-0.15, -0.1) is 0 Å². The van der Waals surface area contributed by atoms with Crippen LogP contribution in [0.2, 0.25) is 0 Å². The summed E-state index contributed by atoms with van der Waals surface area (Å²) in [4.78, 5) is 7.07. The molecule has 3 heteroatoms. The van der Waals surface area contributed by atoms with Gasteiger partial charge in [-0.1, -0.05) is 25.0 Å². The maximum absolute atomic E-state index is 6.19. The Hall–Kier alpha value is -2.29. The number of aliphatic imine (C=N–C) groups is 1. The van der Waals surface area contributed by atoms with Gasteiger partial charge in [-0.3, -0.25) is 0 Å². The first-order valence-electron chi connectivity index (χ1n) is 10.9. The largest absolute Gasteiger partial charge is 0.457 e. The Morgan fingerprint density at radius 1 is 0.893 bits per heavy atom. The monoisotopic (exact) mass is 376 g/mol. The highest BCUT2D eigenvalue weighted by molar-refractivity contribution is 5.65. The molecule has 2 fully saturated rings. The highest BCUT2D eigenvalue weighted by Crippen LogP contribution is 2.36. The molecule has 0 spiro atoms. The first-order chi connectivity index (χ1) is 13.7. The molecule has 0 amide bonds. The van der Waals surface area contributed by atoms with E-state index in [0.717, 1.165) is 47.3 Å². The number of likely N-dealkylation sites (tertiary alicyclic amines) is 1. The Morgan fingerprint density at radius 2 is 1.61 bits per heavy atom. The summed E-state index contributed by atoms with van der Waals surface area (Å²) >= 11 is 0. The molecule has 4 rings (SSSR count). The lowest BCUT2D eigenvalue weighted by molar-refractivity contribution is 0.351. The van der Waals surface area contributed by atoms with Gasteiger partial charge >= 0.3 is 0 Å². The number of rotatable bonds is 5. The molecule has 1 heterocycles. The van der Waals surface area contributed by atoms with E-state index < -0.39 is 0 Å². The predicted molar refractivity (Wildman–Crippen MR) is 117 cm³/mol. The van der Waals surface area contributed by atoms with Gasteiger partial charge in [0, 0.05) is 13.1 Å². The van der Waals surface area contributed by atoms with Crippen molar-refractivity contribution >= 4 is 12.0 Å². The minimum absolute atomic E-state index is 0.745. The molecule has 1 saturated carbocycles. The third-order valence-electron chi connectivity index (χ3n) is 6.18. The summed E-state index contributed by atoms with van der Waals surface area (Å²) in [6.07, 6.45) is 11.3. The van der Waals surface area contributed by atoms with Crippen LogP contribution < -0.4 is 4.74 Å². The van der Waals surface area contributed by atoms with Gasteiger partial charge in [0.25, 0.3) is 0 Å². The van der Waals surface area contributed by atoms with Gasteiger partial charge in [0.1, 0.15) is 11.5 Å². The van der Waals surface area contributed by atoms with E-state index in [4.69, 9.17) is 9.73 Å². The fourth-order valence-corrected chi connectivity index (χ4v) is 4.40. The fourth-order valence-electron chi connectivity index (χ4n) is 4.40. The van der Waals surface area contributed by atoms with Crippen molar-refractivity contribution in [3.05, 3.63) is 53.1 Å². The number of piperidine rings is 1. The lowest BCUT2D eigenvalue weighted by atomic mass is 9.98. The normalized spacial score (nSPS) is 18.1. The maximum Gasteiger partial charge on any atom is 0.130 e. The number of nitrogens with zero attached hydrogens (tertiary/aromatic N) is 2. The quantitative estimate of drug-likeness (QED) is 0.419. The smallest absolute Gasteiger partial charge is 0.130 e. The van der Waals surface area contributed by atoms with E-state index in [1.54, 1.807) is 0 Å². The van der Waals surface area contributed by atoms with Crippen molar-refractivity contribution in [3.8, 4) is 11.5 Å². The minimum Gasteiger partial charge on any atom is -0.457 e. The molecule has 148 valence electrons. The molecule has 0 atom stereocenters. The van der Waals surface area contributed by atoms with Crippen molar-refractivity contribution in [2.45, 2.75) is 64.7 Å². The van der Waals surface area contributed by atoms with E-state index in [9.17, 15) is 0 Å². The van der Waals surface area contributed by atoms with E-state index in [2.05, 4.69) is 55.1 Å². The highest BCUT2D eigenvalue weighted by atomic mass is 16.5. The van der Waals surface area contributed by atoms with Gasteiger partial charge in [-0.2, -0.15) is 0 Å². The Kier molecular flexibility index (Phi) is 5.99. The zero-order valence-corrected chi connectivity index (χ0v) is 17.3. The number of hydrogen-bond acceptors (Lipinski definition) is 2. The lowest BCUT2D eigenvalue weighted by Gasteiger charge is -2.24. The molecule has 0 radical (unpaired) electrons. The average Bonchev–Trinajstić information content (AvgIpc) is 3.26. The molecular weight excluding hydrogens is 344 g/mol. The molecule has 1 aliphatic carbocycles. The van der Waals surface area contributed by atoms with Crippen LogP contribution in [0.4, 0.5) is 5.69 Å². The SMILES string of the molecule is Cc1cc(Oc2ccc(C3CCCC3)cc2)c(C)cc1/N=C/N1CCCCC1. The third kappa shape index (κ3) is 4.57. The van der Waals surface area contributed by atoms with Crippen LogP contribution in [0, 0.1) is 13.8 Å². The van der Waals surface area contributed by atoms with Crippen LogP contribution >= 0.6 is 0 Å². The van der Waals surface area contributed by atoms with E-state index in [1.807, 2.05) is 6.34 Å². The summed E-state index contributed by atoms with van der Waals surface area (Å²) in [7, 11) is 0. The van der Waals surface area contributed by atoms with Crippen LogP contribution in [-0.2, 0) is 0 Å². The maximum atomic E-state index is 6.19. The molecule has 2 aliphatic rings. The van der Waals surface area contributed by atoms with Crippen molar-refractivity contribution in [2.24, 2.45) is 4.99 Å². The Balaban J connectivity index is 1.44. The van der Waals surface area contributed by atoms with Crippen molar-refractivity contribution in [1.82, 2.24) is 4.90 Å². The molecule has 1 aliphatic heterocycles. The van der Waals surface area contributed by atoms with E-state index in [1.165, 1.54) is 50.5 Å². The molecule has 3 nitrogen and oxygen atoms in total. The van der Waals surface area contributed by atoms with Crippen molar-refractivity contribution in [3.63, 3.8) is 0 Å². The van der Waals surface area contributed by atoms with Gasteiger partial charge < -0.3 is 9.64 Å². The second kappa shape index (κ2) is 8.81. The predicted octanol–water partition coefficient (Wildman–Crippen LogP) is 6.90. The number of aryl methyl sites for hydroxylation is 2. The standard InChI is InChI=1S/C25H32N2O/c1-19-17-25(20(2)16-24(19)26-18-27-14-6-3-7-15-27)28-23-12-10-22(11-13-23)21-8-4-5-9-21/h10-13,16-18,21H,3-9,14-15H2,1-2H3/b26-18+. The average molecular weight is 377 g/mol. The van der Waals surface area contributed by atoms with Crippen LogP contribution in [0.25, 0.3) is 0 Å². The van der Waals surface area contributed by atoms with Crippen LogP contribution in [0.1, 0.15) is 67.6 Å². The van der Waals surface area contributed by atoms with Crippen molar-refractivity contribution < 1.29 is 4.74 Å². The number of benzene rings is 2. The molecule has 2 aromatic rings. The summed E-state index contributed by atoms with van der Waals surface area (Å²) in [5, 5.41) is 0. The fraction of sp³-hybridized carbons (Fsp3) is 0.480. The van der Waals surface area contributed by atoms with Crippen LogP contribution in [0.15, 0.2) is 41.4 Å². The van der Waals surface area contributed by atoms with Crippen LogP contribution in [0.3, 0.4) is 0 Å². The molecule has 0 bridgehead atoms. The molecule has 28 heavy (non-hydrogen) atoms. The van der Waals surface area contributed by atoms with E-state index in [-0.39, 0.29) is 0 Å². The lowest BCUT2D eigenvalue weighted by Crippen LogP contribution is -2.28. The summed E-state index contributed by atoms with van der Waals surface area (Å²) < 4.78 is 6.19. The van der Waals surface area contributed by atoms with Gasteiger partial charge in [-0.25, -0.2) is 4.99 Å².